The number of fused-ring (bicyclic) bond motifs is 1. The Morgan fingerprint density at radius 3 is 2.74 bits per heavy atom. The number of para-hydroxylation sites is 1. The van der Waals surface area contributed by atoms with Crippen LogP contribution >= 0.6 is 0 Å². The van der Waals surface area contributed by atoms with Gasteiger partial charge in [-0.25, -0.2) is 9.18 Å². The van der Waals surface area contributed by atoms with Gasteiger partial charge in [-0.2, -0.15) is 0 Å². The number of aliphatic hydroxyl groups is 1. The van der Waals surface area contributed by atoms with Crippen LogP contribution in [0.5, 0.6) is 0 Å². The van der Waals surface area contributed by atoms with E-state index in [1.807, 2.05) is 18.2 Å². The number of benzene rings is 2. The van der Waals surface area contributed by atoms with Crippen molar-refractivity contribution < 1.29 is 14.3 Å². The SMILES string of the molecule is O=C(Nc1ccccc1F)N(CCO)C1CCc2ccccc21. The molecule has 4 nitrogen and oxygen atoms in total. The summed E-state index contributed by atoms with van der Waals surface area (Å²) in [6.07, 6.45) is 1.71. The Morgan fingerprint density at radius 2 is 1.96 bits per heavy atom. The second kappa shape index (κ2) is 6.79. The summed E-state index contributed by atoms with van der Waals surface area (Å²) in [7, 11) is 0. The molecule has 0 heterocycles. The van der Waals surface area contributed by atoms with Crippen LogP contribution in [0.1, 0.15) is 23.6 Å². The number of urea groups is 1. The van der Waals surface area contributed by atoms with Gasteiger partial charge in [0, 0.05) is 6.54 Å². The average Bonchev–Trinajstić information content (AvgIpc) is 2.98. The Bertz CT molecular complexity index is 705. The van der Waals surface area contributed by atoms with E-state index in [0.717, 1.165) is 18.4 Å². The lowest BCUT2D eigenvalue weighted by Gasteiger charge is -2.29. The minimum atomic E-state index is -0.475. The van der Waals surface area contributed by atoms with Crippen LogP contribution in [0.15, 0.2) is 48.5 Å². The molecule has 2 N–H and O–H groups in total. The molecule has 0 fully saturated rings. The van der Waals surface area contributed by atoms with E-state index in [1.165, 1.54) is 17.7 Å². The Morgan fingerprint density at radius 1 is 1.22 bits per heavy atom. The zero-order chi connectivity index (χ0) is 16.2. The first kappa shape index (κ1) is 15.5. The second-order valence-corrected chi connectivity index (χ2v) is 5.58. The monoisotopic (exact) mass is 314 g/mol. The smallest absolute Gasteiger partial charge is 0.322 e. The van der Waals surface area contributed by atoms with Gasteiger partial charge in [0.05, 0.1) is 18.3 Å². The number of hydrogen-bond donors (Lipinski definition) is 2. The lowest BCUT2D eigenvalue weighted by atomic mass is 10.1. The van der Waals surface area contributed by atoms with E-state index < -0.39 is 11.8 Å². The van der Waals surface area contributed by atoms with Crippen LogP contribution in [-0.4, -0.2) is 29.2 Å². The van der Waals surface area contributed by atoms with Crippen LogP contribution < -0.4 is 5.32 Å². The third-order valence-electron chi connectivity index (χ3n) is 4.19. The first-order valence-corrected chi connectivity index (χ1v) is 7.71. The van der Waals surface area contributed by atoms with Crippen molar-refractivity contribution in [1.82, 2.24) is 4.90 Å². The van der Waals surface area contributed by atoms with Crippen molar-refractivity contribution in [3.8, 4) is 0 Å². The molecule has 3 rings (SSSR count). The summed E-state index contributed by atoms with van der Waals surface area (Å²) in [6, 6.07) is 13.6. The van der Waals surface area contributed by atoms with Gasteiger partial charge in [0.25, 0.3) is 0 Å². The Hall–Kier alpha value is -2.40. The molecule has 0 saturated heterocycles. The summed E-state index contributed by atoms with van der Waals surface area (Å²) in [4.78, 5) is 14.2. The Labute approximate surface area is 134 Å². The lowest BCUT2D eigenvalue weighted by Crippen LogP contribution is -2.39. The first-order valence-electron chi connectivity index (χ1n) is 7.71. The molecular formula is C18H19FN2O2. The average molecular weight is 314 g/mol. The van der Waals surface area contributed by atoms with Crippen molar-refractivity contribution in [3.63, 3.8) is 0 Å². The van der Waals surface area contributed by atoms with Crippen LogP contribution in [0, 0.1) is 5.82 Å². The van der Waals surface area contributed by atoms with Crippen molar-refractivity contribution in [2.24, 2.45) is 0 Å². The minimum Gasteiger partial charge on any atom is -0.395 e. The van der Waals surface area contributed by atoms with Gasteiger partial charge in [0.15, 0.2) is 0 Å². The zero-order valence-electron chi connectivity index (χ0n) is 12.7. The molecule has 5 heteroatoms. The molecule has 1 aliphatic rings. The van der Waals surface area contributed by atoms with Crippen LogP contribution in [0.3, 0.4) is 0 Å². The second-order valence-electron chi connectivity index (χ2n) is 5.58. The molecule has 0 saturated carbocycles. The molecule has 1 atom stereocenters. The summed E-state index contributed by atoms with van der Waals surface area (Å²) in [5.74, 6) is -0.475. The predicted octanol–water partition coefficient (Wildman–Crippen LogP) is 3.34. The van der Waals surface area contributed by atoms with Crippen molar-refractivity contribution in [2.45, 2.75) is 18.9 Å². The topological polar surface area (TPSA) is 52.6 Å². The molecule has 0 aliphatic heterocycles. The number of nitrogens with zero attached hydrogens (tertiary/aromatic N) is 1. The maximum atomic E-state index is 13.7. The number of aryl methyl sites for hydroxylation is 1. The van der Waals surface area contributed by atoms with E-state index in [0.29, 0.717) is 0 Å². The molecule has 0 aromatic heterocycles. The van der Waals surface area contributed by atoms with E-state index in [2.05, 4.69) is 11.4 Å². The van der Waals surface area contributed by atoms with Crippen LogP contribution in [-0.2, 0) is 6.42 Å². The quantitative estimate of drug-likeness (QED) is 0.909. The number of rotatable bonds is 4. The Kier molecular flexibility index (Phi) is 4.57. The summed E-state index contributed by atoms with van der Waals surface area (Å²) < 4.78 is 13.7. The zero-order valence-corrected chi connectivity index (χ0v) is 12.7. The summed E-state index contributed by atoms with van der Waals surface area (Å²) in [5, 5.41) is 11.9. The first-order chi connectivity index (χ1) is 11.2. The maximum absolute atomic E-state index is 13.7. The number of halogens is 1. The third-order valence-corrected chi connectivity index (χ3v) is 4.19. The highest BCUT2D eigenvalue weighted by Crippen LogP contribution is 2.35. The highest BCUT2D eigenvalue weighted by molar-refractivity contribution is 5.89. The normalized spacial score (nSPS) is 16.0. The molecule has 2 aromatic rings. The number of nitrogens with one attached hydrogen (secondary N) is 1. The number of aliphatic hydroxyl groups excluding tert-OH is 1. The van der Waals surface area contributed by atoms with Gasteiger partial charge in [-0.15, -0.1) is 0 Å². The lowest BCUT2D eigenvalue weighted by molar-refractivity contribution is 0.162. The predicted molar refractivity (Wildman–Crippen MR) is 86.7 cm³/mol. The minimum absolute atomic E-state index is 0.0925. The molecule has 2 aromatic carbocycles. The van der Waals surface area contributed by atoms with Crippen LogP contribution in [0.25, 0.3) is 0 Å². The van der Waals surface area contributed by atoms with Gasteiger partial charge in [-0.05, 0) is 36.1 Å². The number of hydrogen-bond acceptors (Lipinski definition) is 2. The molecule has 2 amide bonds. The fourth-order valence-electron chi connectivity index (χ4n) is 3.11. The van der Waals surface area contributed by atoms with Gasteiger partial charge >= 0.3 is 6.03 Å². The van der Waals surface area contributed by atoms with E-state index in [4.69, 9.17) is 0 Å². The highest BCUT2D eigenvalue weighted by Gasteiger charge is 2.30. The largest absolute Gasteiger partial charge is 0.395 e. The van der Waals surface area contributed by atoms with Gasteiger partial charge in [-0.1, -0.05) is 36.4 Å². The summed E-state index contributed by atoms with van der Waals surface area (Å²) in [6.45, 7) is 0.0721. The van der Waals surface area contributed by atoms with Crippen molar-refractivity contribution in [1.29, 1.82) is 0 Å². The molecule has 0 radical (unpaired) electrons. The van der Waals surface area contributed by atoms with Gasteiger partial charge in [0.2, 0.25) is 0 Å². The highest BCUT2D eigenvalue weighted by atomic mass is 19.1. The van der Waals surface area contributed by atoms with E-state index in [9.17, 15) is 14.3 Å². The fraction of sp³-hybridized carbons (Fsp3) is 0.278. The van der Waals surface area contributed by atoms with E-state index >= 15 is 0 Å². The molecule has 1 aliphatic carbocycles. The molecule has 0 spiro atoms. The van der Waals surface area contributed by atoms with Crippen LogP contribution in [0.2, 0.25) is 0 Å². The van der Waals surface area contributed by atoms with Gasteiger partial charge < -0.3 is 15.3 Å². The molecular weight excluding hydrogens is 295 g/mol. The molecule has 1 unspecified atom stereocenters. The number of amides is 2. The van der Waals surface area contributed by atoms with Crippen molar-refractivity contribution in [2.75, 3.05) is 18.5 Å². The van der Waals surface area contributed by atoms with E-state index in [1.54, 1.807) is 17.0 Å². The van der Waals surface area contributed by atoms with E-state index in [-0.39, 0.29) is 24.9 Å². The van der Waals surface area contributed by atoms with Crippen LogP contribution in [0.4, 0.5) is 14.9 Å². The van der Waals surface area contributed by atoms with Gasteiger partial charge in [0.1, 0.15) is 5.82 Å². The number of carbonyl (C=O) groups excluding carboxylic acids is 1. The van der Waals surface area contributed by atoms with Crippen molar-refractivity contribution in [3.05, 3.63) is 65.5 Å². The molecule has 120 valence electrons. The number of anilines is 1. The fourth-order valence-corrected chi connectivity index (χ4v) is 3.11. The summed E-state index contributed by atoms with van der Waals surface area (Å²) >= 11 is 0. The Balaban J connectivity index is 1.82. The van der Waals surface area contributed by atoms with Gasteiger partial charge in [-0.3, -0.25) is 0 Å². The third kappa shape index (κ3) is 3.19. The maximum Gasteiger partial charge on any atom is 0.322 e. The summed E-state index contributed by atoms with van der Waals surface area (Å²) in [5.41, 5.74) is 2.47. The molecule has 23 heavy (non-hydrogen) atoms. The van der Waals surface area contributed by atoms with Crippen molar-refractivity contribution >= 4 is 11.7 Å². The number of carbonyl (C=O) groups is 1. The standard InChI is InChI=1S/C18H19FN2O2/c19-15-7-3-4-8-16(15)20-18(23)21(11-12-22)17-10-9-13-5-1-2-6-14(13)17/h1-8,17,22H,9-12H2,(H,20,23). The molecule has 0 bridgehead atoms.